The Kier molecular flexibility index (Phi) is 4.46. The molecule has 6 heteroatoms. The van der Waals surface area contributed by atoms with Crippen molar-refractivity contribution < 1.29 is 14.1 Å². The topological polar surface area (TPSA) is 35.5 Å². The Bertz CT molecular complexity index is 343. The van der Waals surface area contributed by atoms with Crippen molar-refractivity contribution in [2.24, 2.45) is 0 Å². The van der Waals surface area contributed by atoms with Gasteiger partial charge in [0.15, 0.2) is 6.61 Å². The fraction of sp³-hybridized carbons (Fsp3) is 0.125. The molecule has 0 aliphatic heterocycles. The lowest BCUT2D eigenvalue weighted by molar-refractivity contribution is -0.135. The molecule has 0 fully saturated rings. The van der Waals surface area contributed by atoms with Gasteiger partial charge in [-0.05, 0) is 18.2 Å². The van der Waals surface area contributed by atoms with Crippen LogP contribution in [-0.2, 0) is 9.32 Å². The quantitative estimate of drug-likeness (QED) is 0.777. The van der Waals surface area contributed by atoms with Crippen LogP contribution in [0.3, 0.4) is 0 Å². The van der Waals surface area contributed by atoms with Crippen molar-refractivity contribution in [3.8, 4) is 5.75 Å². The predicted octanol–water partition coefficient (Wildman–Crippen LogP) is 2.71. The molecule has 1 aromatic rings. The van der Waals surface area contributed by atoms with Gasteiger partial charge in [0.05, 0.1) is 14.5 Å². The first-order valence-electron chi connectivity index (χ1n) is 3.61. The third kappa shape index (κ3) is 3.33. The number of ether oxygens (including phenoxy) is 1. The molecule has 0 amide bonds. The summed E-state index contributed by atoms with van der Waals surface area (Å²) in [5.41, 5.74) is 0. The van der Waals surface area contributed by atoms with Crippen LogP contribution in [0.4, 0.5) is 0 Å². The van der Waals surface area contributed by atoms with Crippen LogP contribution in [0.2, 0.25) is 10.0 Å². The lowest BCUT2D eigenvalue weighted by Gasteiger charge is -2.06. The molecule has 0 bridgehead atoms. The summed E-state index contributed by atoms with van der Waals surface area (Å²) in [6.07, 6.45) is 0. The molecule has 0 N–H and O–H groups in total. The van der Waals surface area contributed by atoms with E-state index in [1.54, 1.807) is 12.1 Å². The lowest BCUT2D eigenvalue weighted by atomic mass is 10.3. The molecule has 76 valence electrons. The minimum atomic E-state index is -0.499. The number of rotatable bonds is 3. The van der Waals surface area contributed by atoms with Crippen molar-refractivity contribution in [3.63, 3.8) is 0 Å². The summed E-state index contributed by atoms with van der Waals surface area (Å²) in [7, 11) is 1.84. The van der Waals surface area contributed by atoms with Crippen LogP contribution < -0.4 is 4.74 Å². The minimum absolute atomic E-state index is 0.190. The first-order valence-corrected chi connectivity index (χ1v) is 4.83. The second-order valence-corrected chi connectivity index (χ2v) is 3.43. The molecule has 0 saturated carbocycles. The molecule has 0 radical (unpaired) electrons. The third-order valence-corrected chi connectivity index (χ3v) is 2.16. The van der Waals surface area contributed by atoms with Gasteiger partial charge in [0, 0.05) is 5.02 Å². The van der Waals surface area contributed by atoms with Gasteiger partial charge in [0.25, 0.3) is 0 Å². The predicted molar refractivity (Wildman–Crippen MR) is 57.8 cm³/mol. The van der Waals surface area contributed by atoms with E-state index in [0.717, 1.165) is 0 Å². The van der Waals surface area contributed by atoms with Gasteiger partial charge in [-0.3, -0.25) is 0 Å². The number of carbonyl (C=O) groups excluding carboxylic acids is 1. The van der Waals surface area contributed by atoms with Crippen molar-refractivity contribution >= 4 is 38.6 Å². The Morgan fingerprint density at radius 2 is 2.14 bits per heavy atom. The van der Waals surface area contributed by atoms with Crippen LogP contribution in [-0.4, -0.2) is 12.6 Å². The van der Waals surface area contributed by atoms with Crippen molar-refractivity contribution in [1.82, 2.24) is 0 Å². The molecular formula is C8H7Cl2O3P. The van der Waals surface area contributed by atoms with E-state index in [9.17, 15) is 4.79 Å². The van der Waals surface area contributed by atoms with Gasteiger partial charge in [-0.25, -0.2) is 4.79 Å². The third-order valence-electron chi connectivity index (χ3n) is 1.37. The van der Waals surface area contributed by atoms with Crippen LogP contribution in [0.25, 0.3) is 0 Å². The number of carbonyl (C=O) groups is 1. The van der Waals surface area contributed by atoms with Crippen molar-refractivity contribution in [2.45, 2.75) is 0 Å². The second-order valence-electron chi connectivity index (χ2n) is 2.35. The summed E-state index contributed by atoms with van der Waals surface area (Å²) >= 11 is 11.5. The Morgan fingerprint density at radius 1 is 1.43 bits per heavy atom. The molecular weight excluding hydrogens is 246 g/mol. The van der Waals surface area contributed by atoms with Crippen molar-refractivity contribution in [1.29, 1.82) is 0 Å². The van der Waals surface area contributed by atoms with Crippen LogP contribution in [0.5, 0.6) is 5.75 Å². The first-order chi connectivity index (χ1) is 6.63. The summed E-state index contributed by atoms with van der Waals surface area (Å²) in [5, 5.41) is 0.866. The zero-order valence-corrected chi connectivity index (χ0v) is 9.66. The van der Waals surface area contributed by atoms with E-state index in [2.05, 4.69) is 4.52 Å². The zero-order valence-electron chi connectivity index (χ0n) is 7.00. The standard InChI is InChI=1S/C8H7Cl2O3P/c9-5-1-2-7(6(10)3-5)12-4-8(11)13-14/h1-3H,4,14H2. The molecule has 1 unspecified atom stereocenters. The highest BCUT2D eigenvalue weighted by Gasteiger charge is 2.05. The number of hydrogen-bond donors (Lipinski definition) is 0. The molecule has 0 heterocycles. The highest BCUT2D eigenvalue weighted by Crippen LogP contribution is 2.27. The maximum Gasteiger partial charge on any atom is 0.346 e. The van der Waals surface area contributed by atoms with Gasteiger partial charge in [-0.2, -0.15) is 0 Å². The summed E-state index contributed by atoms with van der Waals surface area (Å²) in [4.78, 5) is 10.7. The Labute approximate surface area is 93.6 Å². The summed E-state index contributed by atoms with van der Waals surface area (Å²) in [5.74, 6) is -0.104. The Balaban J connectivity index is 2.63. The SMILES string of the molecule is O=C(COc1ccc(Cl)cc1Cl)OP. The van der Waals surface area contributed by atoms with Crippen LogP contribution >= 0.6 is 32.7 Å². The van der Waals surface area contributed by atoms with E-state index >= 15 is 0 Å². The number of hydrogen-bond acceptors (Lipinski definition) is 3. The van der Waals surface area contributed by atoms with Crippen LogP contribution in [0.15, 0.2) is 18.2 Å². The molecule has 14 heavy (non-hydrogen) atoms. The van der Waals surface area contributed by atoms with E-state index < -0.39 is 5.97 Å². The normalized spacial score (nSPS) is 9.64. The van der Waals surface area contributed by atoms with E-state index in [1.165, 1.54) is 6.07 Å². The molecule has 0 saturated heterocycles. The largest absolute Gasteiger partial charge is 0.480 e. The highest BCUT2D eigenvalue weighted by molar-refractivity contribution is 7.10. The van der Waals surface area contributed by atoms with Gasteiger partial charge in [0.1, 0.15) is 5.75 Å². The average Bonchev–Trinajstić information content (AvgIpc) is 2.16. The summed E-state index contributed by atoms with van der Waals surface area (Å²) in [6.45, 7) is -0.190. The molecule has 0 aliphatic rings. The van der Waals surface area contributed by atoms with Gasteiger partial charge in [-0.1, -0.05) is 23.2 Å². The molecule has 0 aliphatic carbocycles. The van der Waals surface area contributed by atoms with E-state index in [-0.39, 0.29) is 6.61 Å². The highest BCUT2D eigenvalue weighted by atomic mass is 35.5. The Morgan fingerprint density at radius 3 is 2.71 bits per heavy atom. The zero-order chi connectivity index (χ0) is 10.6. The molecule has 0 spiro atoms. The van der Waals surface area contributed by atoms with E-state index in [0.29, 0.717) is 15.8 Å². The van der Waals surface area contributed by atoms with Gasteiger partial charge in [-0.15, -0.1) is 0 Å². The molecule has 0 aromatic heterocycles. The monoisotopic (exact) mass is 252 g/mol. The first kappa shape index (κ1) is 11.6. The fourth-order valence-corrected chi connectivity index (χ4v) is 1.29. The molecule has 3 nitrogen and oxygen atoms in total. The lowest BCUT2D eigenvalue weighted by Crippen LogP contribution is -2.10. The maximum atomic E-state index is 10.7. The molecule has 1 rings (SSSR count). The summed E-state index contributed by atoms with van der Waals surface area (Å²) < 4.78 is 9.39. The maximum absolute atomic E-state index is 10.7. The second kappa shape index (κ2) is 5.40. The number of halogens is 2. The van der Waals surface area contributed by atoms with E-state index in [1.807, 2.05) is 9.47 Å². The van der Waals surface area contributed by atoms with Crippen molar-refractivity contribution in [3.05, 3.63) is 28.2 Å². The van der Waals surface area contributed by atoms with E-state index in [4.69, 9.17) is 27.9 Å². The smallest absolute Gasteiger partial charge is 0.346 e. The molecule has 1 atom stereocenters. The minimum Gasteiger partial charge on any atom is -0.480 e. The summed E-state index contributed by atoms with van der Waals surface area (Å²) in [6, 6.07) is 4.74. The average molecular weight is 253 g/mol. The number of benzene rings is 1. The van der Waals surface area contributed by atoms with Crippen molar-refractivity contribution in [2.75, 3.05) is 6.61 Å². The van der Waals surface area contributed by atoms with Gasteiger partial charge in [0.2, 0.25) is 0 Å². The molecule has 1 aromatic carbocycles. The van der Waals surface area contributed by atoms with Gasteiger partial charge >= 0.3 is 5.97 Å². The Hall–Kier alpha value is -0.500. The van der Waals surface area contributed by atoms with Crippen LogP contribution in [0, 0.1) is 0 Å². The van der Waals surface area contributed by atoms with Gasteiger partial charge < -0.3 is 9.26 Å². The fourth-order valence-electron chi connectivity index (χ4n) is 0.763. The van der Waals surface area contributed by atoms with Crippen LogP contribution in [0.1, 0.15) is 0 Å².